The van der Waals surface area contributed by atoms with Crippen LogP contribution in [0.15, 0.2) is 66.7 Å². The molecule has 0 saturated carbocycles. The summed E-state index contributed by atoms with van der Waals surface area (Å²) < 4.78 is 22.4. The minimum atomic E-state index is -1.82. The molecule has 0 aliphatic carbocycles. The number of carboxylic acids is 2. The molecule has 0 fully saturated rings. The average molecular weight is 600 g/mol. The van der Waals surface area contributed by atoms with E-state index in [0.717, 1.165) is 18.5 Å². The fourth-order valence-electron chi connectivity index (χ4n) is 3.53. The van der Waals surface area contributed by atoms with Crippen molar-refractivity contribution in [3.8, 4) is 29.1 Å². The molecule has 43 heavy (non-hydrogen) atoms. The van der Waals surface area contributed by atoms with Gasteiger partial charge in [-0.3, -0.25) is 15.0 Å². The van der Waals surface area contributed by atoms with Crippen molar-refractivity contribution in [2.75, 3.05) is 47.1 Å². The molecule has 4 N–H and O–H groups in total. The van der Waals surface area contributed by atoms with Gasteiger partial charge < -0.3 is 34.6 Å². The fraction of sp³-hybridized carbons (Fsp3) is 0.276. The number of aliphatic carboxylic acids is 2. The molecule has 0 aromatic heterocycles. The maximum atomic E-state index is 10.8. The van der Waals surface area contributed by atoms with Crippen LogP contribution in [0.25, 0.3) is 0 Å². The normalized spacial score (nSPS) is 9.81. The van der Waals surface area contributed by atoms with Gasteiger partial charge >= 0.3 is 11.9 Å². The Balaban J connectivity index is 0.00000120. The van der Waals surface area contributed by atoms with Gasteiger partial charge in [0.25, 0.3) is 5.69 Å². The minimum Gasteiger partial charge on any atom is -0.493 e. The van der Waals surface area contributed by atoms with Crippen LogP contribution in [0.1, 0.15) is 11.1 Å². The van der Waals surface area contributed by atoms with E-state index in [1.54, 1.807) is 50.6 Å². The monoisotopic (exact) mass is 599 g/mol. The molecule has 14 nitrogen and oxygen atoms in total. The molecule has 0 amide bonds. The van der Waals surface area contributed by atoms with Crippen molar-refractivity contribution in [2.24, 2.45) is 0 Å². The highest BCUT2D eigenvalue weighted by atomic mass is 16.6. The van der Waals surface area contributed by atoms with Crippen molar-refractivity contribution in [1.82, 2.24) is 4.90 Å². The first kappa shape index (κ1) is 35.6. The Morgan fingerprint density at radius 3 is 1.79 bits per heavy atom. The number of hydrogen-bond acceptors (Lipinski definition) is 10. The Hall–Kier alpha value is -5.39. The molecule has 230 valence electrons. The predicted octanol–water partition coefficient (Wildman–Crippen LogP) is 2.82. The smallest absolute Gasteiger partial charge is 0.414 e. The third-order valence-electron chi connectivity index (χ3n) is 5.73. The summed E-state index contributed by atoms with van der Waals surface area (Å²) in [5, 5.41) is 34.6. The number of nitriles is 1. The third kappa shape index (κ3) is 12.8. The molecule has 0 spiro atoms. The van der Waals surface area contributed by atoms with E-state index in [9.17, 15) is 10.1 Å². The largest absolute Gasteiger partial charge is 0.493 e. The molecule has 3 rings (SSSR count). The van der Waals surface area contributed by atoms with Gasteiger partial charge in [-0.05, 0) is 60.5 Å². The highest BCUT2D eigenvalue weighted by molar-refractivity contribution is 6.27. The van der Waals surface area contributed by atoms with E-state index in [1.807, 2.05) is 18.2 Å². The minimum absolute atomic E-state index is 0. The van der Waals surface area contributed by atoms with Crippen molar-refractivity contribution < 1.29 is 49.1 Å². The number of nitrogens with zero attached hydrogens (tertiary/aromatic N) is 3. The second-order valence-corrected chi connectivity index (χ2v) is 8.48. The van der Waals surface area contributed by atoms with Crippen molar-refractivity contribution in [3.05, 3.63) is 88.0 Å². The Morgan fingerprint density at radius 1 is 0.837 bits per heavy atom. The molecular formula is C29H33N3O11. The molecule has 0 atom stereocenters. The number of rotatable bonds is 14. The number of nitro benzene ring substituents is 1. The maximum absolute atomic E-state index is 10.8. The lowest BCUT2D eigenvalue weighted by molar-refractivity contribution is -0.384. The first-order valence-corrected chi connectivity index (χ1v) is 12.6. The topological polar surface area (TPSA) is 213 Å². The molecule has 0 radical (unpaired) electrons. The molecule has 0 aliphatic heterocycles. The van der Waals surface area contributed by atoms with E-state index in [2.05, 4.69) is 11.0 Å². The highest BCUT2D eigenvalue weighted by Crippen LogP contribution is 2.27. The van der Waals surface area contributed by atoms with Gasteiger partial charge in [-0.25, -0.2) is 9.59 Å². The quantitative estimate of drug-likeness (QED) is 0.155. The molecule has 0 heterocycles. The Kier molecular flexibility index (Phi) is 15.6. The second kappa shape index (κ2) is 18.9. The summed E-state index contributed by atoms with van der Waals surface area (Å²) in [6.45, 7) is 2.95. The molecule has 14 heteroatoms. The molecule has 3 aromatic carbocycles. The number of carbonyl (C=O) groups is 2. The summed E-state index contributed by atoms with van der Waals surface area (Å²) in [5.41, 5.74) is 1.73. The highest BCUT2D eigenvalue weighted by Gasteiger charge is 2.10. The van der Waals surface area contributed by atoms with E-state index >= 15 is 0 Å². The van der Waals surface area contributed by atoms with Crippen LogP contribution < -0.4 is 18.9 Å². The van der Waals surface area contributed by atoms with Crippen LogP contribution in [-0.4, -0.2) is 84.5 Å². The van der Waals surface area contributed by atoms with Gasteiger partial charge in [-0.15, -0.1) is 0 Å². The zero-order valence-corrected chi connectivity index (χ0v) is 23.6. The molecule has 0 aliphatic rings. The molecule has 0 bridgehead atoms. The van der Waals surface area contributed by atoms with Crippen LogP contribution >= 0.6 is 0 Å². The summed E-state index contributed by atoms with van der Waals surface area (Å²) in [6.07, 6.45) is 0.786. The van der Waals surface area contributed by atoms with Crippen LogP contribution in [0.4, 0.5) is 5.69 Å². The SMILES string of the molecule is COc1ccc(CCN(CCOc2ccc(C#N)cc2)CCOc2ccc([N+](=O)[O-])cc2)cc1OC.O.O=C(O)C(=O)O. The number of carboxylic acid groups (broad SMARTS) is 2. The van der Waals surface area contributed by atoms with E-state index in [1.165, 1.54) is 12.1 Å². The molecule has 0 saturated heterocycles. The molecule has 0 unspecified atom stereocenters. The Morgan fingerprint density at radius 2 is 1.35 bits per heavy atom. The standard InChI is InChI=1S/C27H29N3O6.C2H2O4.H2O/c1-33-26-12-5-21(19-27(26)34-2)13-14-29(15-17-35-24-8-3-22(20-28)4-9-24)16-18-36-25-10-6-23(7-11-25)30(31)32;3-1(4)2(5)6;/h3-12,19H,13-18H2,1-2H3;(H,3,4)(H,5,6);1H2. The Labute approximate surface area is 247 Å². The molecular weight excluding hydrogens is 566 g/mol. The first-order valence-electron chi connectivity index (χ1n) is 12.6. The number of non-ortho nitro benzene ring substituents is 1. The maximum Gasteiger partial charge on any atom is 0.414 e. The van der Waals surface area contributed by atoms with Crippen LogP contribution in [0, 0.1) is 21.4 Å². The summed E-state index contributed by atoms with van der Waals surface area (Å²) in [4.78, 5) is 30.8. The van der Waals surface area contributed by atoms with E-state index in [-0.39, 0.29) is 11.2 Å². The summed E-state index contributed by atoms with van der Waals surface area (Å²) in [6, 6.07) is 21.0. The van der Waals surface area contributed by atoms with Crippen LogP contribution in [0.2, 0.25) is 0 Å². The lowest BCUT2D eigenvalue weighted by atomic mass is 10.1. The lowest BCUT2D eigenvalue weighted by Crippen LogP contribution is -2.34. The van der Waals surface area contributed by atoms with Crippen LogP contribution in [0.5, 0.6) is 23.0 Å². The van der Waals surface area contributed by atoms with Gasteiger partial charge in [-0.1, -0.05) is 6.07 Å². The van der Waals surface area contributed by atoms with E-state index < -0.39 is 16.9 Å². The third-order valence-corrected chi connectivity index (χ3v) is 5.73. The van der Waals surface area contributed by atoms with E-state index in [4.69, 9.17) is 44.0 Å². The van der Waals surface area contributed by atoms with Crippen molar-refractivity contribution in [2.45, 2.75) is 6.42 Å². The number of ether oxygens (including phenoxy) is 4. The zero-order valence-electron chi connectivity index (χ0n) is 23.6. The summed E-state index contributed by atoms with van der Waals surface area (Å²) in [5.74, 6) is -0.993. The van der Waals surface area contributed by atoms with Crippen molar-refractivity contribution >= 4 is 17.6 Å². The number of nitro groups is 1. The van der Waals surface area contributed by atoms with Crippen LogP contribution in [-0.2, 0) is 16.0 Å². The number of benzene rings is 3. The van der Waals surface area contributed by atoms with Gasteiger partial charge in [0, 0.05) is 31.8 Å². The van der Waals surface area contributed by atoms with Crippen molar-refractivity contribution in [3.63, 3.8) is 0 Å². The predicted molar refractivity (Wildman–Crippen MR) is 154 cm³/mol. The first-order chi connectivity index (χ1) is 20.2. The van der Waals surface area contributed by atoms with Gasteiger partial charge in [0.15, 0.2) is 11.5 Å². The van der Waals surface area contributed by atoms with Crippen LogP contribution in [0.3, 0.4) is 0 Å². The van der Waals surface area contributed by atoms with Gasteiger partial charge in [0.05, 0.1) is 30.8 Å². The lowest BCUT2D eigenvalue weighted by Gasteiger charge is -2.23. The van der Waals surface area contributed by atoms with Gasteiger partial charge in [0.2, 0.25) is 0 Å². The summed E-state index contributed by atoms with van der Waals surface area (Å²) in [7, 11) is 3.22. The van der Waals surface area contributed by atoms with Gasteiger partial charge in [-0.2, -0.15) is 5.26 Å². The van der Waals surface area contributed by atoms with E-state index in [0.29, 0.717) is 54.9 Å². The van der Waals surface area contributed by atoms with Crippen molar-refractivity contribution in [1.29, 1.82) is 5.26 Å². The number of methoxy groups -OCH3 is 2. The molecule has 3 aromatic rings. The fourth-order valence-corrected chi connectivity index (χ4v) is 3.53. The Bertz CT molecular complexity index is 1350. The second-order valence-electron chi connectivity index (χ2n) is 8.48. The number of hydrogen-bond donors (Lipinski definition) is 2. The average Bonchev–Trinajstić information content (AvgIpc) is 3.00. The van der Waals surface area contributed by atoms with Gasteiger partial charge in [0.1, 0.15) is 24.7 Å². The summed E-state index contributed by atoms with van der Waals surface area (Å²) >= 11 is 0. The zero-order chi connectivity index (χ0) is 30.9.